The summed E-state index contributed by atoms with van der Waals surface area (Å²) in [5, 5.41) is 8.75. The molecule has 1 N–H and O–H groups in total. The summed E-state index contributed by atoms with van der Waals surface area (Å²) >= 11 is 0. The summed E-state index contributed by atoms with van der Waals surface area (Å²) in [7, 11) is 0. The lowest BCUT2D eigenvalue weighted by Crippen LogP contribution is -2.19. The van der Waals surface area contributed by atoms with E-state index in [0.717, 1.165) is 12.0 Å². The fourth-order valence-corrected chi connectivity index (χ4v) is 1.29. The Hall–Kier alpha value is -1.12. The van der Waals surface area contributed by atoms with Crippen molar-refractivity contribution in [2.45, 2.75) is 25.9 Å². The Labute approximate surface area is 84.8 Å². The van der Waals surface area contributed by atoms with Crippen LogP contribution in [0, 0.1) is 0 Å². The molecule has 0 spiro atoms. The van der Waals surface area contributed by atoms with Crippen LogP contribution in [0.1, 0.15) is 25.0 Å². The topological polar surface area (TPSA) is 29.5 Å². The summed E-state index contributed by atoms with van der Waals surface area (Å²) < 4.78 is 0. The average Bonchev–Trinajstić information content (AvgIpc) is 2.19. The van der Waals surface area contributed by atoms with Gasteiger partial charge in [-0.15, -0.1) is 6.58 Å². The molecule has 1 aromatic rings. The van der Waals surface area contributed by atoms with E-state index in [1.165, 1.54) is 5.56 Å². The van der Waals surface area contributed by atoms with Crippen molar-refractivity contribution in [2.75, 3.05) is 0 Å². The Morgan fingerprint density at radius 2 is 2.21 bits per heavy atom. The Morgan fingerprint density at radius 3 is 2.79 bits per heavy atom. The highest BCUT2D eigenvalue weighted by Crippen LogP contribution is 2.24. The van der Waals surface area contributed by atoms with Gasteiger partial charge in [0, 0.05) is 0 Å². The first kappa shape index (κ1) is 11.0. The van der Waals surface area contributed by atoms with Crippen LogP contribution in [-0.2, 0) is 16.9 Å². The van der Waals surface area contributed by atoms with Crippen LogP contribution in [-0.4, -0.2) is 5.26 Å². The zero-order valence-electron chi connectivity index (χ0n) is 8.66. The van der Waals surface area contributed by atoms with Gasteiger partial charge in [-0.25, -0.2) is 4.89 Å². The first-order valence-corrected chi connectivity index (χ1v) is 4.63. The predicted molar refractivity (Wildman–Crippen MR) is 57.1 cm³/mol. The van der Waals surface area contributed by atoms with Crippen LogP contribution < -0.4 is 0 Å². The molecule has 1 aromatic carbocycles. The zero-order valence-corrected chi connectivity index (χ0v) is 8.66. The lowest BCUT2D eigenvalue weighted by atomic mass is 9.96. The van der Waals surface area contributed by atoms with E-state index in [9.17, 15) is 0 Å². The van der Waals surface area contributed by atoms with E-state index >= 15 is 0 Å². The van der Waals surface area contributed by atoms with Gasteiger partial charge in [0.1, 0.15) is 5.60 Å². The van der Waals surface area contributed by atoms with E-state index in [1.54, 1.807) is 0 Å². The molecule has 0 radical (unpaired) electrons. The van der Waals surface area contributed by atoms with Gasteiger partial charge in [-0.1, -0.05) is 30.3 Å². The summed E-state index contributed by atoms with van der Waals surface area (Å²) in [6, 6.07) is 7.92. The van der Waals surface area contributed by atoms with Gasteiger partial charge >= 0.3 is 0 Å². The average molecular weight is 192 g/mol. The third kappa shape index (κ3) is 2.44. The monoisotopic (exact) mass is 192 g/mol. The minimum Gasteiger partial charge on any atom is -0.251 e. The van der Waals surface area contributed by atoms with E-state index < -0.39 is 5.60 Å². The smallest absolute Gasteiger partial charge is 0.123 e. The summed E-state index contributed by atoms with van der Waals surface area (Å²) in [6.45, 7) is 7.33. The second kappa shape index (κ2) is 4.40. The standard InChI is InChI=1S/C12H16O2/c1-4-6-10-7-5-8-11(9-10)12(2,3)14-13/h4-5,7-9,13H,1,6H2,2-3H3. The zero-order chi connectivity index (χ0) is 10.6. The molecule has 76 valence electrons. The van der Waals surface area contributed by atoms with Crippen molar-refractivity contribution in [1.29, 1.82) is 0 Å². The van der Waals surface area contributed by atoms with Gasteiger partial charge in [-0.2, -0.15) is 0 Å². The van der Waals surface area contributed by atoms with Gasteiger partial charge in [0.2, 0.25) is 0 Å². The van der Waals surface area contributed by atoms with Crippen LogP contribution in [0.5, 0.6) is 0 Å². The lowest BCUT2D eigenvalue weighted by Gasteiger charge is -2.21. The second-order valence-corrected chi connectivity index (χ2v) is 3.79. The SMILES string of the molecule is C=CCc1cccc(C(C)(C)OO)c1. The molecule has 0 amide bonds. The highest BCUT2D eigenvalue weighted by molar-refractivity contribution is 5.28. The molecule has 0 aliphatic heterocycles. The molecule has 0 unspecified atom stereocenters. The van der Waals surface area contributed by atoms with Crippen LogP contribution in [0.4, 0.5) is 0 Å². The number of benzene rings is 1. The van der Waals surface area contributed by atoms with Crippen LogP contribution in [0.25, 0.3) is 0 Å². The largest absolute Gasteiger partial charge is 0.251 e. The van der Waals surface area contributed by atoms with E-state index in [2.05, 4.69) is 11.5 Å². The highest BCUT2D eigenvalue weighted by atomic mass is 17.1. The fraction of sp³-hybridized carbons (Fsp3) is 0.333. The lowest BCUT2D eigenvalue weighted by molar-refractivity contribution is -0.318. The van der Waals surface area contributed by atoms with Gasteiger partial charge in [-0.3, -0.25) is 5.26 Å². The summed E-state index contributed by atoms with van der Waals surface area (Å²) in [4.78, 5) is 4.43. The van der Waals surface area contributed by atoms with Crippen LogP contribution in [0.15, 0.2) is 36.9 Å². The molecule has 1 rings (SSSR count). The molecule has 2 heteroatoms. The van der Waals surface area contributed by atoms with Crippen molar-refractivity contribution >= 4 is 0 Å². The maximum atomic E-state index is 8.75. The highest BCUT2D eigenvalue weighted by Gasteiger charge is 2.21. The molecule has 0 fully saturated rings. The Balaban J connectivity index is 2.98. The molecule has 0 saturated carbocycles. The molecule has 0 bridgehead atoms. The number of hydrogen-bond acceptors (Lipinski definition) is 2. The van der Waals surface area contributed by atoms with Crippen LogP contribution in [0.2, 0.25) is 0 Å². The van der Waals surface area contributed by atoms with E-state index in [1.807, 2.05) is 44.2 Å². The molecule has 0 aromatic heterocycles. The first-order chi connectivity index (χ1) is 6.60. The normalized spacial score (nSPS) is 11.4. The summed E-state index contributed by atoms with van der Waals surface area (Å²) in [5.41, 5.74) is 1.47. The number of hydrogen-bond donors (Lipinski definition) is 1. The molecule has 0 aliphatic rings. The van der Waals surface area contributed by atoms with Gasteiger partial charge in [0.05, 0.1) is 0 Å². The molecule has 0 aliphatic carbocycles. The summed E-state index contributed by atoms with van der Waals surface area (Å²) in [5.74, 6) is 0. The van der Waals surface area contributed by atoms with Crippen molar-refractivity contribution in [1.82, 2.24) is 0 Å². The van der Waals surface area contributed by atoms with E-state index in [4.69, 9.17) is 5.26 Å². The van der Waals surface area contributed by atoms with Crippen molar-refractivity contribution in [2.24, 2.45) is 0 Å². The molecular weight excluding hydrogens is 176 g/mol. The molecule has 0 atom stereocenters. The van der Waals surface area contributed by atoms with Gasteiger partial charge in [0.15, 0.2) is 0 Å². The molecule has 0 saturated heterocycles. The van der Waals surface area contributed by atoms with Gasteiger partial charge in [-0.05, 0) is 31.4 Å². The Bertz CT molecular complexity index is 316. The maximum Gasteiger partial charge on any atom is 0.123 e. The predicted octanol–water partition coefficient (Wildman–Crippen LogP) is 3.14. The molecule has 0 heterocycles. The fourth-order valence-electron chi connectivity index (χ4n) is 1.29. The van der Waals surface area contributed by atoms with Crippen molar-refractivity contribution in [3.05, 3.63) is 48.0 Å². The third-order valence-corrected chi connectivity index (χ3v) is 2.23. The Morgan fingerprint density at radius 1 is 1.50 bits per heavy atom. The van der Waals surface area contributed by atoms with E-state index in [-0.39, 0.29) is 0 Å². The van der Waals surface area contributed by atoms with Gasteiger partial charge in [0.25, 0.3) is 0 Å². The molecule has 2 nitrogen and oxygen atoms in total. The maximum absolute atomic E-state index is 8.75. The minimum absolute atomic E-state index is 0.656. The number of allylic oxidation sites excluding steroid dienone is 1. The van der Waals surface area contributed by atoms with E-state index in [0.29, 0.717) is 0 Å². The minimum atomic E-state index is -0.656. The first-order valence-electron chi connectivity index (χ1n) is 4.63. The van der Waals surface area contributed by atoms with Gasteiger partial charge < -0.3 is 0 Å². The van der Waals surface area contributed by atoms with Crippen molar-refractivity contribution in [3.63, 3.8) is 0 Å². The summed E-state index contributed by atoms with van der Waals surface area (Å²) in [6.07, 6.45) is 2.68. The quantitative estimate of drug-likeness (QED) is 0.451. The van der Waals surface area contributed by atoms with Crippen LogP contribution >= 0.6 is 0 Å². The van der Waals surface area contributed by atoms with Crippen molar-refractivity contribution < 1.29 is 10.1 Å². The van der Waals surface area contributed by atoms with Crippen LogP contribution in [0.3, 0.4) is 0 Å². The Kier molecular flexibility index (Phi) is 3.44. The molecular formula is C12H16O2. The van der Waals surface area contributed by atoms with Crippen molar-refractivity contribution in [3.8, 4) is 0 Å². The molecule has 14 heavy (non-hydrogen) atoms. The third-order valence-electron chi connectivity index (χ3n) is 2.23. The second-order valence-electron chi connectivity index (χ2n) is 3.79. The number of rotatable bonds is 4.